The normalized spacial score (nSPS) is 38.5. The summed E-state index contributed by atoms with van der Waals surface area (Å²) in [6.45, 7) is 7.88. The smallest absolute Gasteiger partial charge is 0.261 e. The molecule has 5 heterocycles. The van der Waals surface area contributed by atoms with Crippen molar-refractivity contribution in [2.45, 2.75) is 12.5 Å². The molecule has 1 atom stereocenters. The summed E-state index contributed by atoms with van der Waals surface area (Å²) in [7, 11) is 0. The first kappa shape index (κ1) is 16.4. The number of aliphatic imine (C=N–C) groups is 1. The number of hydrogen-bond donors (Lipinski definition) is 0. The van der Waals surface area contributed by atoms with E-state index in [0.717, 1.165) is 51.0 Å². The van der Waals surface area contributed by atoms with Crippen molar-refractivity contribution in [2.75, 3.05) is 44.6 Å². The average molecular weight is 373 g/mol. The summed E-state index contributed by atoms with van der Waals surface area (Å²) in [4.78, 5) is 25.1. The molecular weight excluding hydrogens is 352 g/mol. The van der Waals surface area contributed by atoms with E-state index in [1.54, 1.807) is 12.1 Å². The molecule has 4 saturated heterocycles. The molecule has 136 valence electrons. The molecule has 4 fully saturated rings. The largest absolute Gasteiger partial charge is 0.286 e. The number of nitrogens with zero attached hydrogens (tertiary/aromatic N) is 6. The number of carbonyl (C=O) groups is 1. The van der Waals surface area contributed by atoms with Gasteiger partial charge in [-0.1, -0.05) is 11.6 Å². The molecule has 1 aromatic carbocycles. The minimum atomic E-state index is -0.390. The van der Waals surface area contributed by atoms with E-state index in [9.17, 15) is 4.79 Å². The molecule has 4 bridgehead atoms. The van der Waals surface area contributed by atoms with E-state index >= 15 is 0 Å². The number of benzene rings is 1. The molecule has 0 saturated carbocycles. The number of amides is 1. The highest BCUT2D eigenvalue weighted by Gasteiger charge is 2.48. The number of halogens is 1. The van der Waals surface area contributed by atoms with Gasteiger partial charge in [-0.05, 0) is 31.2 Å². The molecule has 0 unspecified atom stereocenters. The number of hydrazone groups is 1. The number of anilines is 1. The summed E-state index contributed by atoms with van der Waals surface area (Å²) >= 11 is 5.94. The molecule has 1 amide bonds. The van der Waals surface area contributed by atoms with Gasteiger partial charge in [-0.2, -0.15) is 10.1 Å². The first-order valence-electron chi connectivity index (χ1n) is 8.88. The third kappa shape index (κ3) is 2.66. The van der Waals surface area contributed by atoms with Crippen LogP contribution in [0, 0.1) is 5.92 Å². The van der Waals surface area contributed by atoms with Gasteiger partial charge in [-0.25, -0.2) is 0 Å². The quantitative estimate of drug-likeness (QED) is 0.751. The average Bonchev–Trinajstić information content (AvgIpc) is 2.87. The third-order valence-electron chi connectivity index (χ3n) is 5.51. The Morgan fingerprint density at radius 1 is 1.12 bits per heavy atom. The topological polar surface area (TPSA) is 54.8 Å². The lowest BCUT2D eigenvalue weighted by atomic mass is 9.91. The second kappa shape index (κ2) is 5.85. The van der Waals surface area contributed by atoms with Crippen molar-refractivity contribution < 1.29 is 4.79 Å². The minimum absolute atomic E-state index is 0.0563. The fourth-order valence-corrected chi connectivity index (χ4v) is 4.68. The molecule has 0 spiro atoms. The Hall–Kier alpha value is -1.80. The van der Waals surface area contributed by atoms with Gasteiger partial charge >= 0.3 is 0 Å². The van der Waals surface area contributed by atoms with Gasteiger partial charge in [0.15, 0.2) is 0 Å². The molecule has 8 heteroatoms. The van der Waals surface area contributed by atoms with E-state index in [0.29, 0.717) is 5.02 Å². The Bertz CT molecular complexity index is 769. The lowest BCUT2D eigenvalue weighted by molar-refractivity contribution is -0.139. The fourth-order valence-electron chi connectivity index (χ4n) is 4.56. The Morgan fingerprint density at radius 3 is 2.27 bits per heavy atom. The standard InChI is InChI=1S/C18H21ClN6O/c1-13-16(17(26)25(21-13)15-4-2-14(19)3-5-15)6-20-18-7-22-10-23(8-18)12-24(9-18)11-22/h2-6,16H,7-12H2,1H3/t16-/m0/s1. The molecule has 7 nitrogen and oxygen atoms in total. The molecule has 26 heavy (non-hydrogen) atoms. The van der Waals surface area contributed by atoms with Crippen molar-refractivity contribution >= 4 is 35.1 Å². The van der Waals surface area contributed by atoms with Crippen LogP contribution in [-0.4, -0.2) is 77.7 Å². The molecule has 0 N–H and O–H groups in total. The molecule has 0 radical (unpaired) electrons. The number of hydrogen-bond acceptors (Lipinski definition) is 6. The van der Waals surface area contributed by atoms with Gasteiger partial charge < -0.3 is 0 Å². The highest BCUT2D eigenvalue weighted by Crippen LogP contribution is 2.32. The molecule has 1 aromatic rings. The second-order valence-corrected chi connectivity index (χ2v) is 8.20. The molecule has 6 rings (SSSR count). The van der Waals surface area contributed by atoms with E-state index in [1.807, 2.05) is 25.3 Å². The Kier molecular flexibility index (Phi) is 3.69. The number of rotatable bonds is 3. The zero-order valence-corrected chi connectivity index (χ0v) is 15.4. The Morgan fingerprint density at radius 2 is 1.69 bits per heavy atom. The van der Waals surface area contributed by atoms with E-state index in [1.165, 1.54) is 5.01 Å². The van der Waals surface area contributed by atoms with Crippen LogP contribution >= 0.6 is 11.6 Å². The Labute approximate surface area is 157 Å². The van der Waals surface area contributed by atoms with Crippen molar-refractivity contribution in [3.05, 3.63) is 29.3 Å². The maximum atomic E-state index is 12.9. The van der Waals surface area contributed by atoms with Gasteiger partial charge in [-0.15, -0.1) is 0 Å². The van der Waals surface area contributed by atoms with Crippen LogP contribution in [0.1, 0.15) is 6.92 Å². The van der Waals surface area contributed by atoms with Crippen LogP contribution in [0.2, 0.25) is 5.02 Å². The van der Waals surface area contributed by atoms with Crippen molar-refractivity contribution in [1.29, 1.82) is 0 Å². The van der Waals surface area contributed by atoms with Crippen molar-refractivity contribution in [1.82, 2.24) is 14.7 Å². The lowest BCUT2D eigenvalue weighted by Gasteiger charge is -2.59. The van der Waals surface area contributed by atoms with E-state index in [-0.39, 0.29) is 11.4 Å². The molecule has 0 aromatic heterocycles. The van der Waals surface area contributed by atoms with Crippen molar-refractivity contribution in [3.8, 4) is 0 Å². The van der Waals surface area contributed by atoms with Gasteiger partial charge in [0.2, 0.25) is 0 Å². The molecule has 5 aliphatic heterocycles. The van der Waals surface area contributed by atoms with Crippen LogP contribution in [0.5, 0.6) is 0 Å². The maximum Gasteiger partial charge on any atom is 0.261 e. The molecular formula is C18H21ClN6O. The van der Waals surface area contributed by atoms with Crippen molar-refractivity contribution in [2.24, 2.45) is 16.0 Å². The Balaban J connectivity index is 1.36. The first-order chi connectivity index (χ1) is 12.5. The highest BCUT2D eigenvalue weighted by atomic mass is 35.5. The van der Waals surface area contributed by atoms with Crippen LogP contribution in [0.15, 0.2) is 34.4 Å². The third-order valence-corrected chi connectivity index (χ3v) is 5.76. The predicted molar refractivity (Wildman–Crippen MR) is 101 cm³/mol. The first-order valence-corrected chi connectivity index (χ1v) is 9.26. The summed E-state index contributed by atoms with van der Waals surface area (Å²) < 4.78 is 0. The predicted octanol–water partition coefficient (Wildman–Crippen LogP) is 1.31. The van der Waals surface area contributed by atoms with Crippen LogP contribution < -0.4 is 5.01 Å². The van der Waals surface area contributed by atoms with E-state index < -0.39 is 5.92 Å². The van der Waals surface area contributed by atoms with Gasteiger partial charge in [-0.3, -0.25) is 24.5 Å². The zero-order chi connectivity index (χ0) is 17.9. The minimum Gasteiger partial charge on any atom is -0.286 e. The monoisotopic (exact) mass is 372 g/mol. The van der Waals surface area contributed by atoms with Crippen LogP contribution in [0.3, 0.4) is 0 Å². The maximum absolute atomic E-state index is 12.9. The van der Waals surface area contributed by atoms with Crippen LogP contribution in [0.25, 0.3) is 0 Å². The van der Waals surface area contributed by atoms with Gasteiger partial charge in [0.05, 0.1) is 36.9 Å². The van der Waals surface area contributed by atoms with Crippen LogP contribution in [-0.2, 0) is 4.79 Å². The summed E-state index contributed by atoms with van der Waals surface area (Å²) in [6, 6.07) is 7.15. The van der Waals surface area contributed by atoms with Gasteiger partial charge in [0.1, 0.15) is 5.92 Å². The summed E-state index contributed by atoms with van der Waals surface area (Å²) in [5.74, 6) is -0.446. The van der Waals surface area contributed by atoms with E-state index in [4.69, 9.17) is 16.6 Å². The summed E-state index contributed by atoms with van der Waals surface area (Å²) in [5, 5.41) is 6.55. The van der Waals surface area contributed by atoms with E-state index in [2.05, 4.69) is 19.8 Å². The summed E-state index contributed by atoms with van der Waals surface area (Å²) in [5.41, 5.74) is 1.38. The fraction of sp³-hybridized carbons (Fsp3) is 0.500. The second-order valence-electron chi connectivity index (χ2n) is 7.76. The number of carbonyl (C=O) groups excluding carboxylic acids is 1. The molecule has 0 aliphatic carbocycles. The lowest BCUT2D eigenvalue weighted by Crippen LogP contribution is -2.75. The zero-order valence-electron chi connectivity index (χ0n) is 14.7. The SMILES string of the molecule is CC1=NN(c2ccc(Cl)cc2)C(=O)[C@H]1C=NC12CN3CN(CN(C3)C1)C2. The van der Waals surface area contributed by atoms with Crippen molar-refractivity contribution in [3.63, 3.8) is 0 Å². The highest BCUT2D eigenvalue weighted by molar-refractivity contribution is 6.30. The van der Waals surface area contributed by atoms with Gasteiger partial charge in [0, 0.05) is 30.9 Å². The molecule has 5 aliphatic rings. The van der Waals surface area contributed by atoms with Gasteiger partial charge in [0.25, 0.3) is 5.91 Å². The van der Waals surface area contributed by atoms with Crippen LogP contribution in [0.4, 0.5) is 5.69 Å². The summed E-state index contributed by atoms with van der Waals surface area (Å²) in [6.07, 6.45) is 1.83.